The summed E-state index contributed by atoms with van der Waals surface area (Å²) in [7, 11) is 0. The Morgan fingerprint density at radius 3 is 1.95 bits per heavy atom. The second kappa shape index (κ2) is 5.36. The summed E-state index contributed by atoms with van der Waals surface area (Å²) in [5.74, 6) is 0. The van der Waals surface area contributed by atoms with Gasteiger partial charge in [0.05, 0.1) is 11.1 Å². The SMILES string of the molecule is C[C@@H]1C[C@H](c2cc(C(F)(F)F)cc(C(F)(F)F)c2)OC(=O)N1. The second-order valence-electron chi connectivity index (χ2n) is 5.01. The molecule has 1 aromatic carbocycles. The van der Waals surface area contributed by atoms with Crippen molar-refractivity contribution in [2.24, 2.45) is 0 Å². The van der Waals surface area contributed by atoms with E-state index in [0.717, 1.165) is 0 Å². The second-order valence-corrected chi connectivity index (χ2v) is 5.01. The molecule has 0 bridgehead atoms. The van der Waals surface area contributed by atoms with Gasteiger partial charge in [0.25, 0.3) is 0 Å². The zero-order valence-corrected chi connectivity index (χ0v) is 11.2. The maximum atomic E-state index is 12.8. The Hall–Kier alpha value is -1.93. The van der Waals surface area contributed by atoms with E-state index in [9.17, 15) is 31.1 Å². The number of alkyl carbamates (subject to hydrolysis) is 1. The molecule has 2 atom stereocenters. The van der Waals surface area contributed by atoms with Crippen molar-refractivity contribution in [2.45, 2.75) is 37.8 Å². The fourth-order valence-corrected chi connectivity index (χ4v) is 2.16. The summed E-state index contributed by atoms with van der Waals surface area (Å²) in [6.45, 7) is 1.58. The van der Waals surface area contributed by atoms with Gasteiger partial charge in [-0.15, -0.1) is 0 Å². The fraction of sp³-hybridized carbons (Fsp3) is 0.462. The molecule has 122 valence electrons. The van der Waals surface area contributed by atoms with Gasteiger partial charge in [-0.25, -0.2) is 4.79 Å². The largest absolute Gasteiger partial charge is 0.441 e. The topological polar surface area (TPSA) is 38.3 Å². The highest BCUT2D eigenvalue weighted by Gasteiger charge is 2.38. The van der Waals surface area contributed by atoms with Crippen molar-refractivity contribution in [3.05, 3.63) is 34.9 Å². The molecule has 0 spiro atoms. The van der Waals surface area contributed by atoms with Gasteiger partial charge in [0.15, 0.2) is 0 Å². The molecule has 9 heteroatoms. The van der Waals surface area contributed by atoms with E-state index < -0.39 is 41.7 Å². The molecule has 0 aromatic heterocycles. The van der Waals surface area contributed by atoms with Crippen LogP contribution in [0.1, 0.15) is 36.1 Å². The molecule has 0 radical (unpaired) electrons. The van der Waals surface area contributed by atoms with Gasteiger partial charge in [-0.05, 0) is 30.7 Å². The average molecular weight is 327 g/mol. The number of ether oxygens (including phenoxy) is 1. The normalized spacial score (nSPS) is 23.0. The molecule has 1 amide bonds. The molecule has 1 N–H and O–H groups in total. The number of carbonyl (C=O) groups is 1. The third kappa shape index (κ3) is 3.63. The lowest BCUT2D eigenvalue weighted by Crippen LogP contribution is -2.40. The summed E-state index contributed by atoms with van der Waals surface area (Å²) in [6, 6.07) is 0.766. The number of nitrogens with one attached hydrogen (secondary N) is 1. The van der Waals surface area contributed by atoms with Crippen molar-refractivity contribution in [3.8, 4) is 0 Å². The molecule has 1 heterocycles. The summed E-state index contributed by atoms with van der Waals surface area (Å²) >= 11 is 0. The predicted octanol–water partition coefficient (Wildman–Crippen LogP) is 4.28. The average Bonchev–Trinajstić information content (AvgIpc) is 2.35. The highest BCUT2D eigenvalue weighted by molar-refractivity contribution is 5.68. The van der Waals surface area contributed by atoms with E-state index in [-0.39, 0.29) is 18.1 Å². The van der Waals surface area contributed by atoms with Crippen molar-refractivity contribution in [1.29, 1.82) is 0 Å². The van der Waals surface area contributed by atoms with Crippen molar-refractivity contribution in [1.82, 2.24) is 5.32 Å². The first-order valence-electron chi connectivity index (χ1n) is 6.23. The molecule has 1 saturated heterocycles. The minimum absolute atomic E-state index is 0.0375. The maximum Gasteiger partial charge on any atom is 0.416 e. The first-order valence-corrected chi connectivity index (χ1v) is 6.23. The molecule has 3 nitrogen and oxygen atoms in total. The van der Waals surface area contributed by atoms with Gasteiger partial charge in [-0.2, -0.15) is 26.3 Å². The Labute approximate surface area is 121 Å². The Bertz CT molecular complexity index is 549. The Morgan fingerprint density at radius 1 is 1.05 bits per heavy atom. The lowest BCUT2D eigenvalue weighted by molar-refractivity contribution is -0.143. The number of hydrogen-bond donors (Lipinski definition) is 1. The zero-order chi connectivity index (χ0) is 16.7. The molecular formula is C13H11F6NO2. The number of hydrogen-bond acceptors (Lipinski definition) is 2. The van der Waals surface area contributed by atoms with Gasteiger partial charge in [-0.1, -0.05) is 0 Å². The van der Waals surface area contributed by atoms with Crippen LogP contribution in [0.5, 0.6) is 0 Å². The predicted molar refractivity (Wildman–Crippen MR) is 62.9 cm³/mol. The first kappa shape index (κ1) is 16.4. The number of carbonyl (C=O) groups excluding carboxylic acids is 1. The van der Waals surface area contributed by atoms with Gasteiger partial charge < -0.3 is 10.1 Å². The van der Waals surface area contributed by atoms with E-state index in [1.807, 2.05) is 0 Å². The molecule has 22 heavy (non-hydrogen) atoms. The lowest BCUT2D eigenvalue weighted by Gasteiger charge is -2.29. The van der Waals surface area contributed by atoms with E-state index in [1.54, 1.807) is 6.92 Å². The third-order valence-electron chi connectivity index (χ3n) is 3.16. The highest BCUT2D eigenvalue weighted by Crippen LogP contribution is 2.39. The Kier molecular flexibility index (Phi) is 4.01. The highest BCUT2D eigenvalue weighted by atomic mass is 19.4. The molecule has 0 saturated carbocycles. The van der Waals surface area contributed by atoms with Crippen LogP contribution in [-0.4, -0.2) is 12.1 Å². The minimum atomic E-state index is -4.93. The van der Waals surface area contributed by atoms with E-state index in [4.69, 9.17) is 4.74 Å². The smallest absolute Gasteiger partial charge is 0.416 e. The van der Waals surface area contributed by atoms with Gasteiger partial charge >= 0.3 is 18.4 Å². The molecule has 1 fully saturated rings. The van der Waals surface area contributed by atoms with Gasteiger partial charge in [0.2, 0.25) is 0 Å². The summed E-state index contributed by atoms with van der Waals surface area (Å²) in [5.41, 5.74) is -3.19. The van der Waals surface area contributed by atoms with E-state index in [0.29, 0.717) is 12.1 Å². The van der Waals surface area contributed by atoms with Crippen LogP contribution in [0.4, 0.5) is 31.1 Å². The number of cyclic esters (lactones) is 1. The summed E-state index contributed by atoms with van der Waals surface area (Å²) in [4.78, 5) is 11.2. The summed E-state index contributed by atoms with van der Waals surface area (Å²) < 4.78 is 81.4. The number of rotatable bonds is 1. The quantitative estimate of drug-likeness (QED) is 0.782. The molecule has 1 aliphatic heterocycles. The third-order valence-corrected chi connectivity index (χ3v) is 3.16. The van der Waals surface area contributed by atoms with Crippen LogP contribution in [0, 0.1) is 0 Å². The Morgan fingerprint density at radius 2 is 1.55 bits per heavy atom. The van der Waals surface area contributed by atoms with Crippen LogP contribution in [0.25, 0.3) is 0 Å². The van der Waals surface area contributed by atoms with Crippen molar-refractivity contribution < 1.29 is 35.9 Å². The number of halogens is 6. The van der Waals surface area contributed by atoms with Crippen LogP contribution in [0.2, 0.25) is 0 Å². The fourth-order valence-electron chi connectivity index (χ4n) is 2.16. The molecule has 1 aliphatic rings. The van der Waals surface area contributed by atoms with Crippen LogP contribution in [0.15, 0.2) is 18.2 Å². The molecular weight excluding hydrogens is 316 g/mol. The van der Waals surface area contributed by atoms with E-state index in [2.05, 4.69) is 5.32 Å². The Balaban J connectivity index is 2.48. The minimum Gasteiger partial charge on any atom is -0.441 e. The van der Waals surface area contributed by atoms with Crippen LogP contribution >= 0.6 is 0 Å². The molecule has 1 aromatic rings. The van der Waals surface area contributed by atoms with Crippen molar-refractivity contribution in [2.75, 3.05) is 0 Å². The summed E-state index contributed by atoms with van der Waals surface area (Å²) in [6.07, 6.45) is -11.8. The molecule has 2 rings (SSSR count). The van der Waals surface area contributed by atoms with Gasteiger partial charge in [0, 0.05) is 12.5 Å². The van der Waals surface area contributed by atoms with Crippen LogP contribution in [-0.2, 0) is 17.1 Å². The number of amides is 1. The van der Waals surface area contributed by atoms with Gasteiger partial charge in [-0.3, -0.25) is 0 Å². The number of alkyl halides is 6. The standard InChI is InChI=1S/C13H11F6NO2/c1-6-2-10(22-11(21)20-6)7-3-8(12(14,15)16)5-9(4-7)13(17,18)19/h3-6,10H,2H2,1H3,(H,20,21)/t6-,10-/m1/s1. The van der Waals surface area contributed by atoms with Crippen molar-refractivity contribution >= 4 is 6.09 Å². The zero-order valence-electron chi connectivity index (χ0n) is 11.2. The van der Waals surface area contributed by atoms with Gasteiger partial charge in [0.1, 0.15) is 6.10 Å². The van der Waals surface area contributed by atoms with E-state index >= 15 is 0 Å². The first-order chi connectivity index (χ1) is 9.96. The summed E-state index contributed by atoms with van der Waals surface area (Å²) in [5, 5.41) is 2.36. The van der Waals surface area contributed by atoms with Crippen molar-refractivity contribution in [3.63, 3.8) is 0 Å². The number of benzene rings is 1. The molecule has 0 unspecified atom stereocenters. The lowest BCUT2D eigenvalue weighted by atomic mass is 9.96. The maximum absolute atomic E-state index is 12.8. The van der Waals surface area contributed by atoms with Crippen LogP contribution in [0.3, 0.4) is 0 Å². The molecule has 0 aliphatic carbocycles. The monoisotopic (exact) mass is 327 g/mol. The van der Waals surface area contributed by atoms with Crippen LogP contribution < -0.4 is 5.32 Å². The van der Waals surface area contributed by atoms with E-state index in [1.165, 1.54) is 0 Å².